The first-order valence-electron chi connectivity index (χ1n) is 11.1. The van der Waals surface area contributed by atoms with E-state index in [0.717, 1.165) is 72.1 Å². The van der Waals surface area contributed by atoms with E-state index < -0.39 is 6.09 Å². The largest absolute Gasteiger partial charge is 0.412 e. The molecule has 6 rings (SSSR count). The fraction of sp³-hybridized carbons (Fsp3) is 0.280. The molecule has 1 saturated carbocycles. The molecule has 0 atom stereocenters. The smallest absolute Gasteiger partial charge is 0.410 e. The van der Waals surface area contributed by atoms with Gasteiger partial charge in [0.1, 0.15) is 11.4 Å². The van der Waals surface area contributed by atoms with Gasteiger partial charge in [0.2, 0.25) is 0 Å². The molecule has 1 aliphatic heterocycles. The number of hydrogen-bond acceptors (Lipinski definition) is 5. The molecule has 2 aliphatic rings. The van der Waals surface area contributed by atoms with Gasteiger partial charge in [-0.05, 0) is 68.0 Å². The minimum atomic E-state index is -0.405. The molecule has 0 bridgehead atoms. The van der Waals surface area contributed by atoms with Crippen molar-refractivity contribution in [2.45, 2.75) is 44.7 Å². The lowest BCUT2D eigenvalue weighted by molar-refractivity contribution is 0.188. The Morgan fingerprint density at radius 1 is 1.06 bits per heavy atom. The molecule has 1 N–H and O–H groups in total. The molecule has 4 heterocycles. The third kappa shape index (κ3) is 3.30. The van der Waals surface area contributed by atoms with E-state index in [-0.39, 0.29) is 6.04 Å². The highest BCUT2D eigenvalue weighted by molar-refractivity contribution is 5.99. The van der Waals surface area contributed by atoms with Crippen LogP contribution in [0.15, 0.2) is 54.9 Å². The van der Waals surface area contributed by atoms with E-state index in [1.165, 1.54) is 5.69 Å². The summed E-state index contributed by atoms with van der Waals surface area (Å²) in [7, 11) is 0. The van der Waals surface area contributed by atoms with Crippen LogP contribution in [0.4, 0.5) is 4.79 Å². The van der Waals surface area contributed by atoms with Crippen LogP contribution in [0.1, 0.15) is 31.4 Å². The van der Waals surface area contributed by atoms with Crippen molar-refractivity contribution in [3.8, 4) is 28.3 Å². The van der Waals surface area contributed by atoms with Crippen molar-refractivity contribution in [2.24, 2.45) is 0 Å². The number of rotatable bonds is 4. The lowest BCUT2D eigenvalue weighted by Gasteiger charge is -2.25. The number of pyridine rings is 2. The Morgan fingerprint density at radius 3 is 2.81 bits per heavy atom. The van der Waals surface area contributed by atoms with Crippen molar-refractivity contribution in [3.05, 3.63) is 60.6 Å². The number of ether oxygens (including phenoxy) is 1. The number of carbonyl (C=O) groups is 1. The van der Waals surface area contributed by atoms with Gasteiger partial charge in [-0.1, -0.05) is 6.07 Å². The number of aryl methyl sites for hydroxylation is 1. The van der Waals surface area contributed by atoms with Crippen molar-refractivity contribution in [1.82, 2.24) is 25.1 Å². The van der Waals surface area contributed by atoms with Crippen LogP contribution >= 0.6 is 0 Å². The zero-order valence-electron chi connectivity index (χ0n) is 17.6. The summed E-state index contributed by atoms with van der Waals surface area (Å²) in [4.78, 5) is 21.3. The minimum absolute atomic E-state index is 0.238. The zero-order chi connectivity index (χ0) is 21.5. The number of amides is 1. The van der Waals surface area contributed by atoms with Crippen LogP contribution in [0.2, 0.25) is 0 Å². The van der Waals surface area contributed by atoms with Crippen molar-refractivity contribution >= 4 is 17.0 Å². The molecule has 4 aromatic rings. The number of benzene rings is 1. The first kappa shape index (κ1) is 19.0. The third-order valence-corrected chi connectivity index (χ3v) is 6.37. The van der Waals surface area contributed by atoms with Crippen LogP contribution in [-0.4, -0.2) is 31.9 Å². The Balaban J connectivity index is 1.40. The van der Waals surface area contributed by atoms with Gasteiger partial charge in [-0.25, -0.2) is 4.79 Å². The highest BCUT2D eigenvalue weighted by atomic mass is 16.6. The molecule has 1 amide bonds. The first-order chi connectivity index (χ1) is 15.8. The summed E-state index contributed by atoms with van der Waals surface area (Å²) in [6.07, 6.45) is 8.47. The van der Waals surface area contributed by atoms with Crippen LogP contribution in [0.3, 0.4) is 0 Å². The van der Waals surface area contributed by atoms with E-state index in [2.05, 4.69) is 20.0 Å². The number of aromatic nitrogens is 4. The van der Waals surface area contributed by atoms with Crippen LogP contribution in [0.25, 0.3) is 33.4 Å². The van der Waals surface area contributed by atoms with E-state index in [9.17, 15) is 4.79 Å². The summed E-state index contributed by atoms with van der Waals surface area (Å²) in [5.74, 6) is 0.490. The molecule has 0 spiro atoms. The van der Waals surface area contributed by atoms with Gasteiger partial charge >= 0.3 is 6.09 Å². The fourth-order valence-electron chi connectivity index (χ4n) is 4.56. The van der Waals surface area contributed by atoms with Crippen LogP contribution in [0.5, 0.6) is 5.75 Å². The summed E-state index contributed by atoms with van der Waals surface area (Å²) >= 11 is 0. The second kappa shape index (κ2) is 7.75. The van der Waals surface area contributed by atoms with E-state index in [1.807, 2.05) is 42.5 Å². The Labute approximate surface area is 185 Å². The van der Waals surface area contributed by atoms with E-state index in [4.69, 9.17) is 9.84 Å². The summed E-state index contributed by atoms with van der Waals surface area (Å²) in [5, 5.41) is 8.80. The maximum atomic E-state index is 12.2. The lowest BCUT2D eigenvalue weighted by Crippen LogP contribution is -2.41. The average Bonchev–Trinajstić information content (AvgIpc) is 3.38. The molecule has 160 valence electrons. The molecule has 0 radical (unpaired) electrons. The van der Waals surface area contributed by atoms with Crippen molar-refractivity contribution in [2.75, 3.05) is 0 Å². The Morgan fingerprint density at radius 2 is 2.00 bits per heavy atom. The average molecular weight is 425 g/mol. The zero-order valence-corrected chi connectivity index (χ0v) is 17.6. The summed E-state index contributed by atoms with van der Waals surface area (Å²) in [5.41, 5.74) is 5.96. The van der Waals surface area contributed by atoms with Crippen LogP contribution in [0, 0.1) is 0 Å². The predicted octanol–water partition coefficient (Wildman–Crippen LogP) is 4.75. The molecule has 32 heavy (non-hydrogen) atoms. The summed E-state index contributed by atoms with van der Waals surface area (Å²) < 4.78 is 7.62. The molecular weight excluding hydrogens is 402 g/mol. The second-order valence-corrected chi connectivity index (χ2v) is 8.41. The van der Waals surface area contributed by atoms with Crippen LogP contribution in [-0.2, 0) is 13.0 Å². The molecule has 7 heteroatoms. The third-order valence-electron chi connectivity index (χ3n) is 6.37. The summed E-state index contributed by atoms with van der Waals surface area (Å²) in [6, 6.07) is 13.8. The number of carbonyl (C=O) groups excluding carboxylic acids is 1. The Kier molecular flexibility index (Phi) is 4.60. The topological polar surface area (TPSA) is 81.9 Å². The normalized spacial score (nSPS) is 15.4. The van der Waals surface area contributed by atoms with Gasteiger partial charge in [0.25, 0.3) is 0 Å². The van der Waals surface area contributed by atoms with Gasteiger partial charge in [0, 0.05) is 47.7 Å². The Hall–Kier alpha value is -3.74. The number of hydrogen-bond donors (Lipinski definition) is 1. The molecule has 1 aromatic carbocycles. The quantitative estimate of drug-likeness (QED) is 0.510. The molecule has 0 unspecified atom stereocenters. The van der Waals surface area contributed by atoms with Gasteiger partial charge in [0.15, 0.2) is 0 Å². The summed E-state index contributed by atoms with van der Waals surface area (Å²) in [6.45, 7) is 0.923. The maximum absolute atomic E-state index is 12.2. The number of nitrogens with zero attached hydrogens (tertiary/aromatic N) is 4. The molecule has 0 saturated heterocycles. The van der Waals surface area contributed by atoms with Crippen molar-refractivity contribution < 1.29 is 9.53 Å². The van der Waals surface area contributed by atoms with Gasteiger partial charge in [-0.15, -0.1) is 0 Å². The molecular formula is C25H23N5O2. The second-order valence-electron chi connectivity index (χ2n) is 8.41. The lowest BCUT2D eigenvalue weighted by atomic mass is 9.93. The van der Waals surface area contributed by atoms with Gasteiger partial charge in [-0.3, -0.25) is 14.6 Å². The maximum Gasteiger partial charge on any atom is 0.412 e. The minimum Gasteiger partial charge on any atom is -0.410 e. The van der Waals surface area contributed by atoms with E-state index in [0.29, 0.717) is 5.75 Å². The predicted molar refractivity (Wildman–Crippen MR) is 121 cm³/mol. The van der Waals surface area contributed by atoms with Crippen LogP contribution < -0.4 is 10.1 Å². The van der Waals surface area contributed by atoms with E-state index >= 15 is 0 Å². The van der Waals surface area contributed by atoms with Gasteiger partial charge < -0.3 is 10.1 Å². The molecule has 7 nitrogen and oxygen atoms in total. The van der Waals surface area contributed by atoms with Crippen molar-refractivity contribution in [3.63, 3.8) is 0 Å². The fourth-order valence-corrected chi connectivity index (χ4v) is 4.56. The Bertz CT molecular complexity index is 1310. The first-order valence-corrected chi connectivity index (χ1v) is 11.1. The standard InChI is InChI=1S/C25H23N5O2/c31-25(28-16-5-3-6-16)32-17-9-10-18-19(11-13-27-21(18)15-17)23-22-8-4-14-30(22)29-24(23)20-7-1-2-12-26-20/h1-2,7,9-13,15-16H,3-6,8,14H2,(H,28,31). The number of fused-ring (bicyclic) bond motifs is 2. The van der Waals surface area contributed by atoms with Crippen molar-refractivity contribution in [1.29, 1.82) is 0 Å². The molecule has 1 aliphatic carbocycles. The SMILES string of the molecule is O=C(NC1CCC1)Oc1ccc2c(-c3c(-c4ccccn4)nn4c3CCC4)ccnc2c1. The van der Waals surface area contributed by atoms with Gasteiger partial charge in [0.05, 0.1) is 11.2 Å². The highest BCUT2D eigenvalue weighted by Crippen LogP contribution is 2.40. The highest BCUT2D eigenvalue weighted by Gasteiger charge is 2.26. The molecule has 3 aromatic heterocycles. The van der Waals surface area contributed by atoms with E-state index in [1.54, 1.807) is 12.4 Å². The number of nitrogens with one attached hydrogen (secondary N) is 1. The monoisotopic (exact) mass is 425 g/mol. The van der Waals surface area contributed by atoms with Gasteiger partial charge in [-0.2, -0.15) is 5.10 Å². The molecule has 1 fully saturated rings.